The van der Waals surface area contributed by atoms with E-state index in [1.807, 2.05) is 5.43 Å². The van der Waals surface area contributed by atoms with Crippen molar-refractivity contribution in [2.45, 2.75) is 31.7 Å². The highest BCUT2D eigenvalue weighted by Gasteiger charge is 2.26. The summed E-state index contributed by atoms with van der Waals surface area (Å²) in [6.45, 7) is 0. The average Bonchev–Trinajstić information content (AvgIpc) is 3.32. The molecule has 1 aromatic carbocycles. The SMILES string of the molecule is O=C(CCc1ncc(-c2ccc(F)cc2F)o1)NNC(=O)C(=O)NC1CC1. The second-order valence-electron chi connectivity index (χ2n) is 5.99. The first-order valence-electron chi connectivity index (χ1n) is 8.22. The molecule has 1 aromatic heterocycles. The smallest absolute Gasteiger partial charge is 0.327 e. The number of carbonyl (C=O) groups is 3. The third-order valence-corrected chi connectivity index (χ3v) is 3.75. The number of amides is 3. The van der Waals surface area contributed by atoms with Crippen molar-refractivity contribution in [3.05, 3.63) is 41.9 Å². The molecule has 1 aliphatic carbocycles. The lowest BCUT2D eigenvalue weighted by Crippen LogP contribution is -2.49. The molecule has 8 nitrogen and oxygen atoms in total. The largest absolute Gasteiger partial charge is 0.441 e. The van der Waals surface area contributed by atoms with Crippen molar-refractivity contribution in [3.63, 3.8) is 0 Å². The molecule has 27 heavy (non-hydrogen) atoms. The predicted octanol–water partition coefficient (Wildman–Crippen LogP) is 0.978. The summed E-state index contributed by atoms with van der Waals surface area (Å²) in [7, 11) is 0. The lowest BCUT2D eigenvalue weighted by Gasteiger charge is -2.06. The second kappa shape index (κ2) is 7.94. The van der Waals surface area contributed by atoms with Crippen molar-refractivity contribution in [2.75, 3.05) is 0 Å². The Balaban J connectivity index is 1.45. The Morgan fingerprint density at radius 1 is 1.15 bits per heavy atom. The van der Waals surface area contributed by atoms with E-state index in [0.717, 1.165) is 25.0 Å². The van der Waals surface area contributed by atoms with Crippen molar-refractivity contribution >= 4 is 17.7 Å². The first-order valence-corrected chi connectivity index (χ1v) is 8.22. The van der Waals surface area contributed by atoms with Gasteiger partial charge in [-0.15, -0.1) is 0 Å². The van der Waals surface area contributed by atoms with Gasteiger partial charge in [0.1, 0.15) is 11.6 Å². The number of carbonyl (C=O) groups excluding carboxylic acids is 3. The molecule has 3 amide bonds. The van der Waals surface area contributed by atoms with E-state index in [9.17, 15) is 23.2 Å². The zero-order valence-electron chi connectivity index (χ0n) is 14.1. The Morgan fingerprint density at radius 3 is 2.63 bits per heavy atom. The number of aromatic nitrogens is 1. The molecule has 1 heterocycles. The molecule has 1 saturated carbocycles. The van der Waals surface area contributed by atoms with E-state index < -0.39 is 29.4 Å². The third kappa shape index (κ3) is 5.09. The van der Waals surface area contributed by atoms with Crippen LogP contribution in [-0.4, -0.2) is 28.7 Å². The highest BCUT2D eigenvalue weighted by atomic mass is 19.1. The summed E-state index contributed by atoms with van der Waals surface area (Å²) in [4.78, 5) is 38.5. The lowest BCUT2D eigenvalue weighted by atomic mass is 10.2. The van der Waals surface area contributed by atoms with E-state index in [2.05, 4.69) is 15.7 Å². The monoisotopic (exact) mass is 378 g/mol. The van der Waals surface area contributed by atoms with Crippen molar-refractivity contribution in [2.24, 2.45) is 0 Å². The number of benzene rings is 1. The van der Waals surface area contributed by atoms with Crippen LogP contribution in [0.25, 0.3) is 11.3 Å². The summed E-state index contributed by atoms with van der Waals surface area (Å²) in [5.41, 5.74) is 4.17. The molecule has 0 saturated heterocycles. The van der Waals surface area contributed by atoms with Gasteiger partial charge >= 0.3 is 11.8 Å². The number of nitrogens with zero attached hydrogens (tertiary/aromatic N) is 1. The number of nitrogens with one attached hydrogen (secondary N) is 3. The molecule has 0 bridgehead atoms. The molecule has 0 atom stereocenters. The number of hydrogen-bond acceptors (Lipinski definition) is 5. The maximum absolute atomic E-state index is 13.7. The van der Waals surface area contributed by atoms with Gasteiger partial charge in [0.15, 0.2) is 11.7 Å². The van der Waals surface area contributed by atoms with Gasteiger partial charge in [-0.3, -0.25) is 25.2 Å². The van der Waals surface area contributed by atoms with Crippen LogP contribution in [0.1, 0.15) is 25.2 Å². The van der Waals surface area contributed by atoms with E-state index in [-0.39, 0.29) is 36.1 Å². The standard InChI is InChI=1S/C17H16F2N4O4/c18-9-1-4-11(12(19)7-9)13-8-20-15(27-13)6-5-14(24)22-23-17(26)16(25)21-10-2-3-10/h1,4,7-8,10H,2-3,5-6H2,(H,21,25)(H,22,24)(H,23,26). The Hall–Kier alpha value is -3.30. The normalized spacial score (nSPS) is 13.1. The van der Waals surface area contributed by atoms with E-state index in [1.165, 1.54) is 12.3 Å². The summed E-state index contributed by atoms with van der Waals surface area (Å²) in [6.07, 6.45) is 2.94. The molecule has 3 rings (SSSR count). The van der Waals surface area contributed by atoms with Gasteiger partial charge < -0.3 is 9.73 Å². The molecule has 142 valence electrons. The first kappa shape index (κ1) is 18.5. The topological polar surface area (TPSA) is 113 Å². The Bertz CT molecular complexity index is 880. The average molecular weight is 378 g/mol. The minimum atomic E-state index is -0.958. The molecule has 1 aliphatic rings. The molecule has 0 unspecified atom stereocenters. The van der Waals surface area contributed by atoms with Gasteiger partial charge in [0.25, 0.3) is 0 Å². The molecule has 0 radical (unpaired) electrons. The molecular formula is C17H16F2N4O4. The number of oxazole rings is 1. The maximum atomic E-state index is 13.7. The van der Waals surface area contributed by atoms with E-state index >= 15 is 0 Å². The van der Waals surface area contributed by atoms with Crippen molar-refractivity contribution in [1.29, 1.82) is 0 Å². The number of halogens is 2. The molecule has 1 fully saturated rings. The summed E-state index contributed by atoms with van der Waals surface area (Å²) in [6, 6.07) is 3.08. The molecule has 2 aromatic rings. The van der Waals surface area contributed by atoms with E-state index in [1.54, 1.807) is 0 Å². The number of rotatable bonds is 5. The Kier molecular flexibility index (Phi) is 5.43. The van der Waals surface area contributed by atoms with Crippen LogP contribution in [0.15, 0.2) is 28.8 Å². The highest BCUT2D eigenvalue weighted by molar-refractivity contribution is 6.35. The number of aryl methyl sites for hydroxylation is 1. The summed E-state index contributed by atoms with van der Waals surface area (Å²) < 4.78 is 32.0. The second-order valence-corrected chi connectivity index (χ2v) is 5.99. The molecule has 3 N–H and O–H groups in total. The van der Waals surface area contributed by atoms with Crippen molar-refractivity contribution in [1.82, 2.24) is 21.2 Å². The van der Waals surface area contributed by atoms with Gasteiger partial charge in [0, 0.05) is 24.9 Å². The van der Waals surface area contributed by atoms with Crippen molar-refractivity contribution in [3.8, 4) is 11.3 Å². The molecule has 10 heteroatoms. The van der Waals surface area contributed by atoms with Gasteiger partial charge in [0.2, 0.25) is 5.91 Å². The van der Waals surface area contributed by atoms with Crippen molar-refractivity contribution < 1.29 is 27.6 Å². The summed E-state index contributed by atoms with van der Waals surface area (Å²) in [5.74, 6) is -3.55. The minimum Gasteiger partial charge on any atom is -0.441 e. The minimum absolute atomic E-state index is 0.0316. The summed E-state index contributed by atoms with van der Waals surface area (Å²) >= 11 is 0. The Labute approximate surface area is 152 Å². The fraction of sp³-hybridized carbons (Fsp3) is 0.294. The van der Waals surface area contributed by atoms with Crippen LogP contribution in [0.2, 0.25) is 0 Å². The Morgan fingerprint density at radius 2 is 1.93 bits per heavy atom. The van der Waals surface area contributed by atoms with Gasteiger partial charge in [-0.1, -0.05) is 0 Å². The van der Waals surface area contributed by atoms with Crippen LogP contribution >= 0.6 is 0 Å². The highest BCUT2D eigenvalue weighted by Crippen LogP contribution is 2.24. The quantitative estimate of drug-likeness (QED) is 0.530. The predicted molar refractivity (Wildman–Crippen MR) is 87.6 cm³/mol. The van der Waals surface area contributed by atoms with Crippen LogP contribution in [-0.2, 0) is 20.8 Å². The van der Waals surface area contributed by atoms with Crippen LogP contribution in [0.4, 0.5) is 8.78 Å². The van der Waals surface area contributed by atoms with Crippen LogP contribution < -0.4 is 16.2 Å². The first-order chi connectivity index (χ1) is 12.9. The van der Waals surface area contributed by atoms with E-state index in [0.29, 0.717) is 0 Å². The fourth-order valence-corrected chi connectivity index (χ4v) is 2.18. The van der Waals surface area contributed by atoms with E-state index in [4.69, 9.17) is 4.42 Å². The molecule has 0 spiro atoms. The molecule has 0 aliphatic heterocycles. The lowest BCUT2D eigenvalue weighted by molar-refractivity contribution is -0.141. The zero-order chi connectivity index (χ0) is 19.4. The zero-order valence-corrected chi connectivity index (χ0v) is 14.1. The van der Waals surface area contributed by atoms with Crippen LogP contribution in [0.5, 0.6) is 0 Å². The fourth-order valence-electron chi connectivity index (χ4n) is 2.18. The maximum Gasteiger partial charge on any atom is 0.327 e. The van der Waals surface area contributed by atoms with Crippen LogP contribution in [0, 0.1) is 11.6 Å². The van der Waals surface area contributed by atoms with Gasteiger partial charge in [0.05, 0.1) is 11.8 Å². The molecular weight excluding hydrogens is 362 g/mol. The third-order valence-electron chi connectivity index (χ3n) is 3.75. The van der Waals surface area contributed by atoms with Gasteiger partial charge in [-0.25, -0.2) is 13.8 Å². The van der Waals surface area contributed by atoms with Crippen LogP contribution in [0.3, 0.4) is 0 Å². The van der Waals surface area contributed by atoms with Gasteiger partial charge in [-0.2, -0.15) is 0 Å². The summed E-state index contributed by atoms with van der Waals surface area (Å²) in [5, 5.41) is 2.48. The number of hydrazine groups is 1. The number of hydrogen-bond donors (Lipinski definition) is 3. The van der Waals surface area contributed by atoms with Gasteiger partial charge in [-0.05, 0) is 25.0 Å².